The van der Waals surface area contributed by atoms with Gasteiger partial charge in [0.05, 0.1) is 16.3 Å². The predicted octanol–water partition coefficient (Wildman–Crippen LogP) is 2.38. The van der Waals surface area contributed by atoms with Crippen LogP contribution in [0.4, 0.5) is 5.69 Å². The monoisotopic (exact) mass is 331 g/mol. The van der Waals surface area contributed by atoms with E-state index in [0.717, 1.165) is 20.0 Å². The highest BCUT2D eigenvalue weighted by Gasteiger charge is 2.04. The number of hydrogen-bond donors (Lipinski definition) is 1. The molecule has 2 aromatic heterocycles. The largest absolute Gasteiger partial charge is 0.328 e. The van der Waals surface area contributed by atoms with Gasteiger partial charge in [0.1, 0.15) is 10.0 Å². The quantitative estimate of drug-likeness (QED) is 0.534. The number of nitrogens with one attached hydrogen (secondary N) is 1. The molecule has 2 heterocycles. The molecule has 15 heavy (non-hydrogen) atoms. The Labute approximate surface area is 104 Å². The number of halogens is 1. The molecule has 0 saturated heterocycles. The molecule has 76 valence electrons. The zero-order valence-electron chi connectivity index (χ0n) is 7.48. The van der Waals surface area contributed by atoms with E-state index in [1.807, 2.05) is 17.5 Å². The van der Waals surface area contributed by atoms with Crippen LogP contribution in [0.5, 0.6) is 0 Å². The third-order valence-electron chi connectivity index (χ3n) is 1.71. The minimum absolute atomic E-state index is 0.662. The highest BCUT2D eigenvalue weighted by Crippen LogP contribution is 2.28. The first-order valence-electron chi connectivity index (χ1n) is 4.06. The minimum Gasteiger partial charge on any atom is -0.328 e. The second-order valence-electron chi connectivity index (χ2n) is 2.69. The molecule has 0 radical (unpaired) electrons. The van der Waals surface area contributed by atoms with Crippen LogP contribution in [0.1, 0.15) is 0 Å². The lowest BCUT2D eigenvalue weighted by atomic mass is 10.3. The lowest BCUT2D eigenvalue weighted by Gasteiger charge is -1.95. The van der Waals surface area contributed by atoms with Crippen LogP contribution >= 0.6 is 33.9 Å². The zero-order valence-corrected chi connectivity index (χ0v) is 10.4. The molecule has 0 saturated carbocycles. The van der Waals surface area contributed by atoms with Crippen molar-refractivity contribution < 1.29 is 4.79 Å². The number of thiophene rings is 1. The first-order valence-corrected chi connectivity index (χ1v) is 6.02. The summed E-state index contributed by atoms with van der Waals surface area (Å²) in [5.74, 6) is 0. The second-order valence-corrected chi connectivity index (χ2v) is 4.70. The van der Waals surface area contributed by atoms with Crippen molar-refractivity contribution in [2.75, 3.05) is 5.32 Å². The predicted molar refractivity (Wildman–Crippen MR) is 67.7 cm³/mol. The van der Waals surface area contributed by atoms with E-state index in [0.29, 0.717) is 6.41 Å². The fourth-order valence-electron chi connectivity index (χ4n) is 1.08. The third-order valence-corrected chi connectivity index (χ3v) is 3.25. The molecule has 1 amide bonds. The molecule has 4 nitrogen and oxygen atoms in total. The fourth-order valence-corrected chi connectivity index (χ4v) is 2.32. The normalized spacial score (nSPS) is 9.93. The molecule has 1 N–H and O–H groups in total. The van der Waals surface area contributed by atoms with Gasteiger partial charge < -0.3 is 5.32 Å². The van der Waals surface area contributed by atoms with Crippen molar-refractivity contribution in [2.45, 2.75) is 0 Å². The van der Waals surface area contributed by atoms with E-state index in [9.17, 15) is 4.79 Å². The van der Waals surface area contributed by atoms with E-state index in [-0.39, 0.29) is 0 Å². The number of rotatable bonds is 3. The Kier molecular flexibility index (Phi) is 3.27. The molecule has 0 aliphatic rings. The Balaban J connectivity index is 2.32. The number of carbonyl (C=O) groups is 1. The van der Waals surface area contributed by atoms with Crippen LogP contribution < -0.4 is 5.32 Å². The van der Waals surface area contributed by atoms with Gasteiger partial charge in [-0.15, -0.1) is 11.3 Å². The molecule has 6 heteroatoms. The lowest BCUT2D eigenvalue weighted by Crippen LogP contribution is -1.90. The van der Waals surface area contributed by atoms with Crippen molar-refractivity contribution in [3.63, 3.8) is 0 Å². The van der Waals surface area contributed by atoms with Gasteiger partial charge in [0.15, 0.2) is 0 Å². The topological polar surface area (TPSA) is 54.9 Å². The maximum Gasteiger partial charge on any atom is 0.211 e. The number of amides is 1. The first kappa shape index (κ1) is 10.5. The Morgan fingerprint density at radius 1 is 1.40 bits per heavy atom. The highest BCUT2D eigenvalue weighted by atomic mass is 127. The Morgan fingerprint density at radius 3 is 3.00 bits per heavy atom. The van der Waals surface area contributed by atoms with Gasteiger partial charge in [-0.3, -0.25) is 4.79 Å². The van der Waals surface area contributed by atoms with E-state index < -0.39 is 0 Å². The van der Waals surface area contributed by atoms with Gasteiger partial charge in [-0.25, -0.2) is 9.97 Å². The smallest absolute Gasteiger partial charge is 0.211 e. The standard InChI is InChI=1S/C9H6IN3OS/c10-9-2-7(11-4-12-9)8-1-6(3-15-8)13-5-14/h1-5H,(H,13,14). The van der Waals surface area contributed by atoms with Crippen LogP contribution in [0.25, 0.3) is 10.6 Å². The van der Waals surface area contributed by atoms with E-state index in [1.165, 1.54) is 17.7 Å². The van der Waals surface area contributed by atoms with Crippen molar-refractivity contribution in [1.29, 1.82) is 0 Å². The van der Waals surface area contributed by atoms with Crippen LogP contribution in [0.2, 0.25) is 0 Å². The SMILES string of the molecule is O=CNc1csc(-c2cc(I)ncn2)c1. The summed E-state index contributed by atoms with van der Waals surface area (Å²) in [6.45, 7) is 0. The summed E-state index contributed by atoms with van der Waals surface area (Å²) in [6, 6.07) is 3.79. The molecule has 2 aromatic rings. The number of nitrogens with zero attached hydrogens (tertiary/aromatic N) is 2. The highest BCUT2D eigenvalue weighted by molar-refractivity contribution is 14.1. The van der Waals surface area contributed by atoms with Crippen molar-refractivity contribution in [1.82, 2.24) is 9.97 Å². The summed E-state index contributed by atoms with van der Waals surface area (Å²) in [6.07, 6.45) is 2.19. The first-order chi connectivity index (χ1) is 7.29. The van der Waals surface area contributed by atoms with E-state index in [1.54, 1.807) is 0 Å². The Morgan fingerprint density at radius 2 is 2.27 bits per heavy atom. The lowest BCUT2D eigenvalue weighted by molar-refractivity contribution is -0.105. The van der Waals surface area contributed by atoms with E-state index in [2.05, 4.69) is 37.9 Å². The summed E-state index contributed by atoms with van der Waals surface area (Å²) in [7, 11) is 0. The van der Waals surface area contributed by atoms with Crippen LogP contribution in [0, 0.1) is 3.70 Å². The molecule has 0 atom stereocenters. The van der Waals surface area contributed by atoms with E-state index >= 15 is 0 Å². The molecule has 0 fully saturated rings. The average Bonchev–Trinajstić information content (AvgIpc) is 2.67. The maximum absolute atomic E-state index is 10.2. The fraction of sp³-hybridized carbons (Fsp3) is 0. The Hall–Kier alpha value is -1.02. The maximum atomic E-state index is 10.2. The number of anilines is 1. The molecular formula is C9H6IN3OS. The van der Waals surface area contributed by atoms with Gasteiger partial charge >= 0.3 is 0 Å². The molecule has 0 unspecified atom stereocenters. The van der Waals surface area contributed by atoms with Crippen molar-refractivity contribution in [3.05, 3.63) is 27.5 Å². The molecule has 0 aliphatic carbocycles. The van der Waals surface area contributed by atoms with Crippen molar-refractivity contribution in [3.8, 4) is 10.6 Å². The molecule has 0 aromatic carbocycles. The van der Waals surface area contributed by atoms with Crippen molar-refractivity contribution >= 4 is 46.0 Å². The number of aromatic nitrogens is 2. The molecule has 0 bridgehead atoms. The van der Waals surface area contributed by atoms with Crippen LogP contribution in [-0.4, -0.2) is 16.4 Å². The number of hydrogen-bond acceptors (Lipinski definition) is 4. The zero-order chi connectivity index (χ0) is 10.7. The van der Waals surface area contributed by atoms with Crippen LogP contribution in [0.15, 0.2) is 23.8 Å². The van der Waals surface area contributed by atoms with Gasteiger partial charge in [0.2, 0.25) is 6.41 Å². The van der Waals surface area contributed by atoms with E-state index in [4.69, 9.17) is 0 Å². The summed E-state index contributed by atoms with van der Waals surface area (Å²) in [5.41, 5.74) is 1.66. The average molecular weight is 331 g/mol. The number of carbonyl (C=O) groups excluding carboxylic acids is 1. The summed E-state index contributed by atoms with van der Waals surface area (Å²) >= 11 is 3.67. The molecule has 0 spiro atoms. The Bertz CT molecular complexity index is 486. The molecule has 0 aliphatic heterocycles. The molecular weight excluding hydrogens is 325 g/mol. The summed E-state index contributed by atoms with van der Waals surface area (Å²) < 4.78 is 0.899. The van der Waals surface area contributed by atoms with Gasteiger partial charge in [-0.05, 0) is 34.7 Å². The second kappa shape index (κ2) is 4.67. The van der Waals surface area contributed by atoms with Crippen LogP contribution in [0.3, 0.4) is 0 Å². The van der Waals surface area contributed by atoms with Gasteiger partial charge in [-0.1, -0.05) is 0 Å². The minimum atomic E-state index is 0.662. The summed E-state index contributed by atoms with van der Waals surface area (Å²) in [4.78, 5) is 19.4. The van der Waals surface area contributed by atoms with Crippen LogP contribution in [-0.2, 0) is 4.79 Å². The third kappa shape index (κ3) is 2.51. The molecule has 2 rings (SSSR count). The van der Waals surface area contributed by atoms with Crippen molar-refractivity contribution in [2.24, 2.45) is 0 Å². The van der Waals surface area contributed by atoms with Gasteiger partial charge in [0, 0.05) is 5.38 Å². The van der Waals surface area contributed by atoms with Gasteiger partial charge in [0.25, 0.3) is 0 Å². The van der Waals surface area contributed by atoms with Gasteiger partial charge in [-0.2, -0.15) is 0 Å². The summed E-state index contributed by atoms with van der Waals surface area (Å²) in [5, 5.41) is 4.47.